The van der Waals surface area contributed by atoms with E-state index in [1.807, 2.05) is 50.2 Å². The lowest BCUT2D eigenvalue weighted by Gasteiger charge is -2.19. The summed E-state index contributed by atoms with van der Waals surface area (Å²) in [6.45, 7) is 3.99. The van der Waals surface area contributed by atoms with Crippen molar-refractivity contribution in [3.05, 3.63) is 64.0 Å². The van der Waals surface area contributed by atoms with E-state index in [1.54, 1.807) is 6.07 Å². The van der Waals surface area contributed by atoms with Crippen LogP contribution in [0.25, 0.3) is 11.4 Å². The van der Waals surface area contributed by atoms with E-state index in [2.05, 4.69) is 36.4 Å². The molecule has 3 aromatic rings. The number of rotatable bonds is 4. The molecule has 1 fully saturated rings. The van der Waals surface area contributed by atoms with Crippen LogP contribution in [0.15, 0.2) is 61.8 Å². The highest BCUT2D eigenvalue weighted by Gasteiger charge is 2.55. The number of carbonyl (C=O) groups is 2. The van der Waals surface area contributed by atoms with Crippen LogP contribution in [0.5, 0.6) is 0 Å². The van der Waals surface area contributed by atoms with Gasteiger partial charge >= 0.3 is 0 Å². The Morgan fingerprint density at radius 2 is 1.81 bits per heavy atom. The van der Waals surface area contributed by atoms with Gasteiger partial charge in [-0.3, -0.25) is 14.6 Å². The molecule has 31 heavy (non-hydrogen) atoms. The van der Waals surface area contributed by atoms with Crippen molar-refractivity contribution in [3.63, 3.8) is 0 Å². The van der Waals surface area contributed by atoms with E-state index < -0.39 is 12.1 Å². The van der Waals surface area contributed by atoms with Crippen molar-refractivity contribution >= 4 is 33.4 Å². The van der Waals surface area contributed by atoms with Gasteiger partial charge in [0.1, 0.15) is 6.54 Å². The monoisotopic (exact) mass is 480 g/mol. The molecule has 1 aromatic heterocycles. The Kier molecular flexibility index (Phi) is 4.66. The van der Waals surface area contributed by atoms with Crippen LogP contribution < -0.4 is 4.90 Å². The lowest BCUT2D eigenvalue weighted by atomic mass is 10.1. The Hall–Kier alpha value is -3.40. The van der Waals surface area contributed by atoms with Gasteiger partial charge in [0, 0.05) is 10.0 Å². The molecule has 3 heterocycles. The summed E-state index contributed by atoms with van der Waals surface area (Å²) in [6.07, 6.45) is 0. The van der Waals surface area contributed by atoms with Crippen LogP contribution in [-0.4, -0.2) is 39.0 Å². The Bertz CT molecular complexity index is 1220. The molecule has 0 aliphatic carbocycles. The quantitative estimate of drug-likeness (QED) is 0.528. The van der Waals surface area contributed by atoms with Crippen molar-refractivity contribution in [2.75, 3.05) is 4.90 Å². The van der Waals surface area contributed by atoms with Gasteiger partial charge in [0.05, 0.1) is 5.69 Å². The van der Waals surface area contributed by atoms with Crippen LogP contribution in [0.1, 0.15) is 17.0 Å². The number of anilines is 1. The third-order valence-electron chi connectivity index (χ3n) is 5.47. The van der Waals surface area contributed by atoms with E-state index >= 15 is 0 Å². The van der Waals surface area contributed by atoms with Crippen molar-refractivity contribution in [1.29, 1.82) is 0 Å². The Morgan fingerprint density at radius 3 is 2.55 bits per heavy atom. The number of hydrogen-bond donors (Lipinski definition) is 0. The smallest absolute Gasteiger partial charge is 0.263 e. The zero-order valence-corrected chi connectivity index (χ0v) is 18.3. The van der Waals surface area contributed by atoms with Gasteiger partial charge in [0.25, 0.3) is 11.8 Å². The second-order valence-electron chi connectivity index (χ2n) is 7.49. The van der Waals surface area contributed by atoms with Gasteiger partial charge in [-0.25, -0.2) is 4.90 Å². The molecule has 2 aromatic carbocycles. The minimum Gasteiger partial charge on any atom is -0.337 e. The van der Waals surface area contributed by atoms with Crippen molar-refractivity contribution in [1.82, 2.24) is 15.1 Å². The molecule has 9 nitrogen and oxygen atoms in total. The number of fused-ring (bicyclic) bond motifs is 1. The predicted octanol–water partition coefficient (Wildman–Crippen LogP) is 3.61. The summed E-state index contributed by atoms with van der Waals surface area (Å²) in [5.74, 6) is -0.0374. The summed E-state index contributed by atoms with van der Waals surface area (Å²) in [4.78, 5) is 31.6. The minimum atomic E-state index is -0.872. The Labute approximate surface area is 185 Å². The average molecular weight is 481 g/mol. The third-order valence-corrected chi connectivity index (χ3v) is 6.00. The van der Waals surface area contributed by atoms with E-state index in [0.29, 0.717) is 11.5 Å². The van der Waals surface area contributed by atoms with Crippen molar-refractivity contribution in [2.45, 2.75) is 32.5 Å². The number of amides is 2. The van der Waals surface area contributed by atoms with Gasteiger partial charge in [-0.15, -0.1) is 0 Å². The predicted molar refractivity (Wildman–Crippen MR) is 114 cm³/mol. The molecule has 1 saturated heterocycles. The molecule has 0 spiro atoms. The van der Waals surface area contributed by atoms with Gasteiger partial charge in [-0.1, -0.05) is 32.4 Å². The number of carbonyl (C=O) groups excluding carboxylic acids is 2. The number of aryl methyl sites for hydroxylation is 2. The molecule has 10 heteroatoms. The van der Waals surface area contributed by atoms with E-state index in [-0.39, 0.29) is 24.2 Å². The summed E-state index contributed by atoms with van der Waals surface area (Å²) in [6, 6.07) is 11.3. The molecule has 5 rings (SSSR count). The summed E-state index contributed by atoms with van der Waals surface area (Å²) in [5, 5.41) is 13.5. The van der Waals surface area contributed by atoms with Crippen LogP contribution in [0.4, 0.5) is 5.69 Å². The molecule has 2 amide bonds. The second kappa shape index (κ2) is 7.38. The number of benzene rings is 2. The first-order chi connectivity index (χ1) is 14.9. The number of nitrogens with zero attached hydrogens (tertiary/aromatic N) is 6. The van der Waals surface area contributed by atoms with Gasteiger partial charge in [0.15, 0.2) is 12.1 Å². The molecule has 0 unspecified atom stereocenters. The highest BCUT2D eigenvalue weighted by Crippen LogP contribution is 2.33. The Balaban J connectivity index is 1.36. The first-order valence-electron chi connectivity index (χ1n) is 9.63. The Morgan fingerprint density at radius 1 is 1.03 bits per heavy atom. The molecule has 0 N–H and O–H groups in total. The lowest BCUT2D eigenvalue weighted by Crippen LogP contribution is -2.39. The van der Waals surface area contributed by atoms with Crippen molar-refractivity contribution in [2.24, 2.45) is 10.3 Å². The van der Waals surface area contributed by atoms with E-state index in [1.165, 1.54) is 9.91 Å². The fourth-order valence-electron chi connectivity index (χ4n) is 3.65. The fraction of sp³-hybridized carbons (Fsp3) is 0.238. The summed E-state index contributed by atoms with van der Waals surface area (Å²) in [5.41, 5.74) is 3.42. The lowest BCUT2D eigenvalue weighted by molar-refractivity contribution is -0.123. The topological polar surface area (TPSA) is 104 Å². The normalized spacial score (nSPS) is 20.1. The van der Waals surface area contributed by atoms with Crippen LogP contribution in [-0.2, 0) is 16.1 Å². The zero-order chi connectivity index (χ0) is 21.7. The van der Waals surface area contributed by atoms with Crippen LogP contribution in [0.3, 0.4) is 0 Å². The van der Waals surface area contributed by atoms with Crippen LogP contribution in [0.2, 0.25) is 0 Å². The average Bonchev–Trinajstić information content (AvgIpc) is 3.44. The SMILES string of the molecule is Cc1ccc(N2C(=O)[C@H]3N=NN(Cc4nc(-c5ccc(Br)cc5)no4)[C@@H]3C2=O)cc1C. The molecule has 156 valence electrons. The summed E-state index contributed by atoms with van der Waals surface area (Å²) >= 11 is 3.39. The minimum absolute atomic E-state index is 0.0774. The van der Waals surface area contributed by atoms with Crippen LogP contribution in [0, 0.1) is 13.8 Å². The maximum Gasteiger partial charge on any atom is 0.263 e. The van der Waals surface area contributed by atoms with Crippen molar-refractivity contribution in [3.8, 4) is 11.4 Å². The fourth-order valence-corrected chi connectivity index (χ4v) is 3.91. The molecule has 2 aliphatic rings. The van der Waals surface area contributed by atoms with Crippen LogP contribution >= 0.6 is 15.9 Å². The number of hydrogen-bond acceptors (Lipinski definition) is 8. The highest BCUT2D eigenvalue weighted by atomic mass is 79.9. The highest BCUT2D eigenvalue weighted by molar-refractivity contribution is 9.10. The summed E-state index contributed by atoms with van der Waals surface area (Å²) in [7, 11) is 0. The molecule has 0 bridgehead atoms. The standard InChI is InChI=1S/C21H17BrN6O3/c1-11-3-8-15(9-12(11)2)28-20(29)17-18(21(28)30)27(26-24-17)10-16-23-19(25-31-16)13-4-6-14(22)7-5-13/h3-9,17-18H,10H2,1-2H3/t17-,18-/m0/s1. The van der Waals surface area contributed by atoms with Gasteiger partial charge in [-0.05, 0) is 61.4 Å². The second-order valence-corrected chi connectivity index (χ2v) is 8.41. The number of imide groups is 1. The van der Waals surface area contributed by atoms with E-state index in [0.717, 1.165) is 21.2 Å². The third kappa shape index (κ3) is 3.32. The first-order valence-corrected chi connectivity index (χ1v) is 10.4. The van der Waals surface area contributed by atoms with Gasteiger partial charge in [-0.2, -0.15) is 10.1 Å². The van der Waals surface area contributed by atoms with E-state index in [4.69, 9.17) is 4.52 Å². The molecule has 2 aliphatic heterocycles. The maximum atomic E-state index is 13.1. The molecule has 2 atom stereocenters. The zero-order valence-electron chi connectivity index (χ0n) is 16.7. The molecule has 0 radical (unpaired) electrons. The maximum absolute atomic E-state index is 13.1. The van der Waals surface area contributed by atoms with Gasteiger partial charge < -0.3 is 4.52 Å². The molecular formula is C21H17BrN6O3. The van der Waals surface area contributed by atoms with E-state index in [9.17, 15) is 9.59 Å². The van der Waals surface area contributed by atoms with Crippen molar-refractivity contribution < 1.29 is 14.1 Å². The molecular weight excluding hydrogens is 464 g/mol. The first kappa shape index (κ1) is 19.6. The summed E-state index contributed by atoms with van der Waals surface area (Å²) < 4.78 is 6.28. The largest absolute Gasteiger partial charge is 0.337 e. The number of halogens is 1. The number of aromatic nitrogens is 2. The molecule has 0 saturated carbocycles. The van der Waals surface area contributed by atoms with Gasteiger partial charge in [0.2, 0.25) is 11.7 Å².